The highest BCUT2D eigenvalue weighted by Crippen LogP contribution is 2.29. The molecule has 3 nitrogen and oxygen atoms in total. The first kappa shape index (κ1) is 13.3. The minimum Gasteiger partial charge on any atom is -0.390 e. The van der Waals surface area contributed by atoms with Gasteiger partial charge < -0.3 is 14.6 Å². The number of ether oxygens (including phenoxy) is 2. The SMILES string of the molecule is COCCOCC(O)CSC1CCCC1. The topological polar surface area (TPSA) is 38.7 Å². The van der Waals surface area contributed by atoms with Crippen molar-refractivity contribution >= 4 is 11.8 Å². The van der Waals surface area contributed by atoms with E-state index >= 15 is 0 Å². The Bertz CT molecular complexity index is 149. The summed E-state index contributed by atoms with van der Waals surface area (Å²) in [7, 11) is 1.65. The van der Waals surface area contributed by atoms with Crippen molar-refractivity contribution in [3.8, 4) is 0 Å². The Balaban J connectivity index is 1.90. The standard InChI is InChI=1S/C11H22O3S/c1-13-6-7-14-8-10(12)9-15-11-4-2-3-5-11/h10-12H,2-9H2,1H3. The van der Waals surface area contributed by atoms with Crippen molar-refractivity contribution in [3.05, 3.63) is 0 Å². The van der Waals surface area contributed by atoms with Gasteiger partial charge in [-0.1, -0.05) is 12.8 Å². The van der Waals surface area contributed by atoms with Crippen LogP contribution in [-0.4, -0.2) is 49.1 Å². The highest BCUT2D eigenvalue weighted by molar-refractivity contribution is 7.99. The van der Waals surface area contributed by atoms with E-state index in [9.17, 15) is 5.11 Å². The van der Waals surface area contributed by atoms with Crippen molar-refractivity contribution in [2.24, 2.45) is 0 Å². The van der Waals surface area contributed by atoms with Gasteiger partial charge in [0.05, 0.1) is 25.9 Å². The second-order valence-corrected chi connectivity index (χ2v) is 5.29. The highest BCUT2D eigenvalue weighted by atomic mass is 32.2. The molecule has 1 atom stereocenters. The number of aliphatic hydroxyl groups excluding tert-OH is 1. The van der Waals surface area contributed by atoms with E-state index < -0.39 is 0 Å². The fraction of sp³-hybridized carbons (Fsp3) is 1.00. The van der Waals surface area contributed by atoms with Gasteiger partial charge in [0, 0.05) is 18.1 Å². The van der Waals surface area contributed by atoms with Crippen LogP contribution in [0.15, 0.2) is 0 Å². The molecule has 1 unspecified atom stereocenters. The van der Waals surface area contributed by atoms with E-state index in [1.807, 2.05) is 11.8 Å². The minimum absolute atomic E-state index is 0.326. The molecule has 4 heteroatoms. The molecule has 0 aliphatic heterocycles. The van der Waals surface area contributed by atoms with E-state index in [1.54, 1.807) is 7.11 Å². The lowest BCUT2D eigenvalue weighted by molar-refractivity contribution is 0.0218. The van der Waals surface area contributed by atoms with Crippen LogP contribution in [0.3, 0.4) is 0 Å². The molecule has 0 bridgehead atoms. The molecule has 1 fully saturated rings. The zero-order chi connectivity index (χ0) is 10.9. The molecule has 0 aromatic carbocycles. The second-order valence-electron chi connectivity index (χ2n) is 3.96. The summed E-state index contributed by atoms with van der Waals surface area (Å²) in [5.41, 5.74) is 0. The molecule has 15 heavy (non-hydrogen) atoms. The van der Waals surface area contributed by atoms with Crippen molar-refractivity contribution in [1.82, 2.24) is 0 Å². The summed E-state index contributed by atoms with van der Waals surface area (Å²) < 4.78 is 10.1. The quantitative estimate of drug-likeness (QED) is 0.649. The smallest absolute Gasteiger partial charge is 0.0863 e. The third-order valence-electron chi connectivity index (χ3n) is 2.57. The fourth-order valence-corrected chi connectivity index (χ4v) is 2.97. The Morgan fingerprint density at radius 1 is 1.33 bits per heavy atom. The van der Waals surface area contributed by atoms with Gasteiger partial charge in [0.15, 0.2) is 0 Å². The van der Waals surface area contributed by atoms with Crippen LogP contribution in [0.25, 0.3) is 0 Å². The van der Waals surface area contributed by atoms with Crippen molar-refractivity contribution in [2.45, 2.75) is 37.0 Å². The van der Waals surface area contributed by atoms with Gasteiger partial charge in [0.25, 0.3) is 0 Å². The third-order valence-corrected chi connectivity index (χ3v) is 4.09. The zero-order valence-corrected chi connectivity index (χ0v) is 10.3. The van der Waals surface area contributed by atoms with E-state index in [0.29, 0.717) is 19.8 Å². The molecule has 1 N–H and O–H groups in total. The number of hydrogen-bond donors (Lipinski definition) is 1. The van der Waals surface area contributed by atoms with E-state index in [4.69, 9.17) is 9.47 Å². The molecule has 0 aromatic heterocycles. The predicted octanol–water partition coefficient (Wildman–Crippen LogP) is 1.69. The number of rotatable bonds is 8. The Hall–Kier alpha value is 0.230. The number of aliphatic hydroxyl groups is 1. The molecule has 1 rings (SSSR count). The first-order valence-electron chi connectivity index (χ1n) is 5.69. The Morgan fingerprint density at radius 2 is 2.07 bits per heavy atom. The van der Waals surface area contributed by atoms with Crippen molar-refractivity contribution < 1.29 is 14.6 Å². The molecule has 0 aromatic rings. The molecule has 90 valence electrons. The number of hydrogen-bond acceptors (Lipinski definition) is 4. The van der Waals surface area contributed by atoms with Crippen LogP contribution in [0.5, 0.6) is 0 Å². The Kier molecular flexibility index (Phi) is 7.44. The normalized spacial score (nSPS) is 19.6. The molecule has 0 heterocycles. The van der Waals surface area contributed by atoms with E-state index in [0.717, 1.165) is 11.0 Å². The van der Waals surface area contributed by atoms with Crippen LogP contribution in [0.1, 0.15) is 25.7 Å². The van der Waals surface area contributed by atoms with Crippen LogP contribution in [0.2, 0.25) is 0 Å². The van der Waals surface area contributed by atoms with Crippen LogP contribution in [-0.2, 0) is 9.47 Å². The van der Waals surface area contributed by atoms with Crippen molar-refractivity contribution in [3.63, 3.8) is 0 Å². The monoisotopic (exact) mass is 234 g/mol. The van der Waals surface area contributed by atoms with Gasteiger partial charge in [-0.2, -0.15) is 11.8 Å². The van der Waals surface area contributed by atoms with Gasteiger partial charge in [-0.25, -0.2) is 0 Å². The first-order valence-corrected chi connectivity index (χ1v) is 6.74. The van der Waals surface area contributed by atoms with Gasteiger partial charge in [0.1, 0.15) is 0 Å². The fourth-order valence-electron chi connectivity index (χ4n) is 1.71. The molecule has 0 radical (unpaired) electrons. The number of methoxy groups -OCH3 is 1. The predicted molar refractivity (Wildman–Crippen MR) is 63.4 cm³/mol. The second kappa shape index (κ2) is 8.39. The van der Waals surface area contributed by atoms with Gasteiger partial charge in [-0.05, 0) is 12.8 Å². The van der Waals surface area contributed by atoms with Crippen molar-refractivity contribution in [1.29, 1.82) is 0 Å². The van der Waals surface area contributed by atoms with Gasteiger partial charge in [-0.3, -0.25) is 0 Å². The molecule has 1 aliphatic carbocycles. The summed E-state index contributed by atoms with van der Waals surface area (Å²) >= 11 is 1.89. The van der Waals surface area contributed by atoms with Gasteiger partial charge in [0.2, 0.25) is 0 Å². The average Bonchev–Trinajstić information content (AvgIpc) is 2.74. The molecule has 1 aliphatic rings. The third kappa shape index (κ3) is 6.40. The van der Waals surface area contributed by atoms with Crippen LogP contribution in [0.4, 0.5) is 0 Å². The summed E-state index contributed by atoms with van der Waals surface area (Å²) in [5.74, 6) is 0.803. The maximum Gasteiger partial charge on any atom is 0.0863 e. The first-order chi connectivity index (χ1) is 7.33. The lowest BCUT2D eigenvalue weighted by atomic mass is 10.4. The molecule has 0 amide bonds. The largest absolute Gasteiger partial charge is 0.390 e. The highest BCUT2D eigenvalue weighted by Gasteiger charge is 2.16. The lowest BCUT2D eigenvalue weighted by Crippen LogP contribution is -2.20. The maximum atomic E-state index is 9.62. The van der Waals surface area contributed by atoms with E-state index in [1.165, 1.54) is 25.7 Å². The molecular weight excluding hydrogens is 212 g/mol. The minimum atomic E-state index is -0.326. The Labute approximate surface area is 96.5 Å². The van der Waals surface area contributed by atoms with E-state index in [2.05, 4.69) is 0 Å². The molecular formula is C11H22O3S. The summed E-state index contributed by atoms with van der Waals surface area (Å²) in [4.78, 5) is 0. The average molecular weight is 234 g/mol. The van der Waals surface area contributed by atoms with Gasteiger partial charge >= 0.3 is 0 Å². The summed E-state index contributed by atoms with van der Waals surface area (Å²) in [6, 6.07) is 0. The van der Waals surface area contributed by atoms with E-state index in [-0.39, 0.29) is 6.10 Å². The lowest BCUT2D eigenvalue weighted by Gasteiger charge is -2.13. The summed E-state index contributed by atoms with van der Waals surface area (Å²) in [6.45, 7) is 1.60. The molecule has 0 saturated heterocycles. The van der Waals surface area contributed by atoms with Gasteiger partial charge in [-0.15, -0.1) is 0 Å². The summed E-state index contributed by atoms with van der Waals surface area (Å²) in [5, 5.41) is 10.4. The van der Waals surface area contributed by atoms with Crippen LogP contribution < -0.4 is 0 Å². The van der Waals surface area contributed by atoms with Crippen LogP contribution in [0, 0.1) is 0 Å². The summed E-state index contributed by atoms with van der Waals surface area (Å²) in [6.07, 6.45) is 5.03. The zero-order valence-electron chi connectivity index (χ0n) is 9.48. The maximum absolute atomic E-state index is 9.62. The Morgan fingerprint density at radius 3 is 2.73 bits per heavy atom. The van der Waals surface area contributed by atoms with Crippen molar-refractivity contribution in [2.75, 3.05) is 32.7 Å². The molecule has 1 saturated carbocycles. The molecule has 0 spiro atoms. The number of thioether (sulfide) groups is 1. The van der Waals surface area contributed by atoms with Crippen LogP contribution >= 0.6 is 11.8 Å².